The molecule has 21 heavy (non-hydrogen) atoms. The zero-order valence-electron chi connectivity index (χ0n) is 11.6. The van der Waals surface area contributed by atoms with E-state index in [-0.39, 0.29) is 5.91 Å². The molecule has 1 saturated heterocycles. The van der Waals surface area contributed by atoms with Crippen molar-refractivity contribution in [2.24, 2.45) is 0 Å². The summed E-state index contributed by atoms with van der Waals surface area (Å²) in [6.45, 7) is 4.96. The lowest BCUT2D eigenvalue weighted by atomic mass is 10.2. The number of hydrogen-bond donors (Lipinski definition) is 1. The van der Waals surface area contributed by atoms with Crippen LogP contribution in [0.5, 0.6) is 0 Å². The second-order valence-electron chi connectivity index (χ2n) is 4.88. The van der Waals surface area contributed by atoms with Crippen LogP contribution in [0.4, 0.5) is 10.8 Å². The van der Waals surface area contributed by atoms with Crippen LogP contribution in [-0.4, -0.2) is 42.6 Å². The average Bonchev–Trinajstić information content (AvgIpc) is 2.89. The molecule has 112 valence electrons. The molecule has 0 saturated carbocycles. The van der Waals surface area contributed by atoms with Crippen LogP contribution in [0.15, 0.2) is 18.2 Å². The monoisotopic (exact) mass is 325 g/mol. The summed E-state index contributed by atoms with van der Waals surface area (Å²) in [5, 5.41) is 2.75. The van der Waals surface area contributed by atoms with Gasteiger partial charge in [0.1, 0.15) is 5.38 Å². The summed E-state index contributed by atoms with van der Waals surface area (Å²) < 4.78 is 6.42. The Labute approximate surface area is 131 Å². The molecule has 0 aliphatic carbocycles. The predicted octanol–water partition coefficient (Wildman–Crippen LogP) is 2.70. The third-order valence-corrected chi connectivity index (χ3v) is 4.47. The number of hydrogen-bond acceptors (Lipinski definition) is 5. The number of alkyl halides is 1. The van der Waals surface area contributed by atoms with E-state index < -0.39 is 5.38 Å². The number of rotatable bonds is 3. The van der Waals surface area contributed by atoms with Gasteiger partial charge in [-0.3, -0.25) is 4.79 Å². The average molecular weight is 326 g/mol. The first kappa shape index (κ1) is 14.6. The summed E-state index contributed by atoms with van der Waals surface area (Å²) in [7, 11) is 0. The van der Waals surface area contributed by atoms with Crippen molar-refractivity contribution >= 4 is 49.9 Å². The third-order valence-electron chi connectivity index (χ3n) is 3.34. The molecular weight excluding hydrogens is 310 g/mol. The molecule has 1 atom stereocenters. The van der Waals surface area contributed by atoms with E-state index in [4.69, 9.17) is 16.3 Å². The Morgan fingerprint density at radius 2 is 2.24 bits per heavy atom. The third kappa shape index (κ3) is 3.28. The first-order chi connectivity index (χ1) is 10.1. The van der Waals surface area contributed by atoms with Gasteiger partial charge in [-0.05, 0) is 25.1 Å². The summed E-state index contributed by atoms with van der Waals surface area (Å²) in [6, 6.07) is 6.15. The summed E-state index contributed by atoms with van der Waals surface area (Å²) in [5.41, 5.74) is 2.05. The molecule has 0 radical (unpaired) electrons. The minimum Gasteiger partial charge on any atom is -0.378 e. The molecular formula is C14H16ClN3O2S. The molecule has 1 fully saturated rings. The molecule has 2 aromatic rings. The first-order valence-corrected chi connectivity index (χ1v) is 8.07. The number of anilines is 2. The van der Waals surface area contributed by atoms with Gasteiger partial charge in [0.15, 0.2) is 5.13 Å². The van der Waals surface area contributed by atoms with Crippen LogP contribution in [0.2, 0.25) is 0 Å². The van der Waals surface area contributed by atoms with Crippen LogP contribution in [0.3, 0.4) is 0 Å². The van der Waals surface area contributed by atoms with Crippen molar-refractivity contribution in [3.8, 4) is 0 Å². The molecule has 2 heterocycles. The lowest BCUT2D eigenvalue weighted by molar-refractivity contribution is -0.115. The fourth-order valence-electron chi connectivity index (χ4n) is 2.19. The Balaban J connectivity index is 1.82. The molecule has 1 aromatic carbocycles. The van der Waals surface area contributed by atoms with Gasteiger partial charge in [0.05, 0.1) is 23.4 Å². The SMILES string of the molecule is CC(Cl)C(=O)Nc1nc2ccc(N3CCOCC3)cc2s1. The van der Waals surface area contributed by atoms with Gasteiger partial charge in [0.25, 0.3) is 0 Å². The number of carbonyl (C=O) groups excluding carboxylic acids is 1. The van der Waals surface area contributed by atoms with Crippen molar-refractivity contribution in [1.82, 2.24) is 4.98 Å². The van der Waals surface area contributed by atoms with Crippen molar-refractivity contribution in [2.45, 2.75) is 12.3 Å². The van der Waals surface area contributed by atoms with Crippen LogP contribution in [-0.2, 0) is 9.53 Å². The number of morpholine rings is 1. The van der Waals surface area contributed by atoms with Crippen molar-refractivity contribution in [3.63, 3.8) is 0 Å². The van der Waals surface area contributed by atoms with Crippen molar-refractivity contribution in [1.29, 1.82) is 0 Å². The van der Waals surface area contributed by atoms with Gasteiger partial charge >= 0.3 is 0 Å². The first-order valence-electron chi connectivity index (χ1n) is 6.82. The molecule has 1 aliphatic heterocycles. The standard InChI is InChI=1S/C14H16ClN3O2S/c1-9(15)13(19)17-14-16-11-3-2-10(8-12(11)21-14)18-4-6-20-7-5-18/h2-3,8-9H,4-7H2,1H3,(H,16,17,19). The zero-order valence-corrected chi connectivity index (χ0v) is 13.2. The van der Waals surface area contributed by atoms with Crippen molar-refractivity contribution in [2.75, 3.05) is 36.5 Å². The van der Waals surface area contributed by atoms with E-state index in [1.54, 1.807) is 6.92 Å². The topological polar surface area (TPSA) is 54.5 Å². The maximum atomic E-state index is 11.6. The van der Waals surface area contributed by atoms with Crippen LogP contribution < -0.4 is 10.2 Å². The van der Waals surface area contributed by atoms with E-state index in [9.17, 15) is 4.79 Å². The van der Waals surface area contributed by atoms with Crippen LogP contribution in [0.1, 0.15) is 6.92 Å². The van der Waals surface area contributed by atoms with E-state index in [0.717, 1.165) is 42.2 Å². The van der Waals surface area contributed by atoms with Crippen molar-refractivity contribution in [3.05, 3.63) is 18.2 Å². The number of amides is 1. The van der Waals surface area contributed by atoms with Gasteiger partial charge in [0, 0.05) is 18.8 Å². The summed E-state index contributed by atoms with van der Waals surface area (Å²) in [5.74, 6) is -0.232. The van der Waals surface area contributed by atoms with Crippen LogP contribution in [0.25, 0.3) is 10.2 Å². The minimum atomic E-state index is -0.569. The number of aromatic nitrogens is 1. The van der Waals surface area contributed by atoms with Crippen molar-refractivity contribution < 1.29 is 9.53 Å². The summed E-state index contributed by atoms with van der Waals surface area (Å²) in [4.78, 5) is 18.3. The van der Waals surface area contributed by atoms with E-state index in [1.807, 2.05) is 6.07 Å². The minimum absolute atomic E-state index is 0.232. The molecule has 0 spiro atoms. The number of nitrogens with one attached hydrogen (secondary N) is 1. The Morgan fingerprint density at radius 1 is 1.48 bits per heavy atom. The predicted molar refractivity (Wildman–Crippen MR) is 86.6 cm³/mol. The fourth-order valence-corrected chi connectivity index (χ4v) is 3.15. The molecule has 1 aliphatic rings. The maximum Gasteiger partial charge on any atom is 0.243 e. The Bertz CT molecular complexity index is 653. The van der Waals surface area contributed by atoms with E-state index in [0.29, 0.717) is 5.13 Å². The summed E-state index contributed by atoms with van der Waals surface area (Å²) in [6.07, 6.45) is 0. The molecule has 7 heteroatoms. The molecule has 1 N–H and O–H groups in total. The highest BCUT2D eigenvalue weighted by Crippen LogP contribution is 2.30. The number of nitrogens with zero attached hydrogens (tertiary/aromatic N) is 2. The zero-order chi connectivity index (χ0) is 14.8. The van der Waals surface area contributed by atoms with Gasteiger partial charge in [-0.2, -0.15) is 0 Å². The number of halogens is 1. The van der Waals surface area contributed by atoms with E-state index >= 15 is 0 Å². The quantitative estimate of drug-likeness (QED) is 0.882. The highest BCUT2D eigenvalue weighted by molar-refractivity contribution is 7.22. The van der Waals surface area contributed by atoms with Crippen LogP contribution >= 0.6 is 22.9 Å². The smallest absolute Gasteiger partial charge is 0.243 e. The fraction of sp³-hybridized carbons (Fsp3) is 0.429. The Morgan fingerprint density at radius 3 is 2.95 bits per heavy atom. The largest absolute Gasteiger partial charge is 0.378 e. The molecule has 3 rings (SSSR count). The number of thiazole rings is 1. The number of benzene rings is 1. The Kier molecular flexibility index (Phi) is 4.28. The number of fused-ring (bicyclic) bond motifs is 1. The van der Waals surface area contributed by atoms with Crippen LogP contribution in [0, 0.1) is 0 Å². The second-order valence-corrected chi connectivity index (χ2v) is 6.56. The lowest BCUT2D eigenvalue weighted by Crippen LogP contribution is -2.36. The summed E-state index contributed by atoms with van der Waals surface area (Å²) >= 11 is 7.21. The van der Waals surface area contributed by atoms with E-state index in [2.05, 4.69) is 27.3 Å². The number of ether oxygens (including phenoxy) is 1. The molecule has 1 unspecified atom stereocenters. The highest BCUT2D eigenvalue weighted by atomic mass is 35.5. The molecule has 5 nitrogen and oxygen atoms in total. The van der Waals surface area contributed by atoms with Gasteiger partial charge in [-0.1, -0.05) is 11.3 Å². The normalized spacial score (nSPS) is 17.0. The van der Waals surface area contributed by atoms with Gasteiger partial charge in [0.2, 0.25) is 5.91 Å². The lowest BCUT2D eigenvalue weighted by Gasteiger charge is -2.28. The Hall–Kier alpha value is -1.37. The molecule has 0 bridgehead atoms. The molecule has 1 aromatic heterocycles. The maximum absolute atomic E-state index is 11.6. The second kappa shape index (κ2) is 6.17. The van der Waals surface area contributed by atoms with Gasteiger partial charge in [-0.15, -0.1) is 11.6 Å². The van der Waals surface area contributed by atoms with Gasteiger partial charge in [-0.25, -0.2) is 4.98 Å². The number of carbonyl (C=O) groups is 1. The van der Waals surface area contributed by atoms with E-state index in [1.165, 1.54) is 11.3 Å². The van der Waals surface area contributed by atoms with Gasteiger partial charge < -0.3 is 15.0 Å². The highest BCUT2D eigenvalue weighted by Gasteiger charge is 2.15. The molecule has 1 amide bonds.